The molecule has 6 heteroatoms. The number of carbonyl (C=O) groups is 1. The third kappa shape index (κ3) is 3.15. The quantitative estimate of drug-likeness (QED) is 0.790. The molecule has 0 saturated carbocycles. The second-order valence-electron chi connectivity index (χ2n) is 5.59. The van der Waals surface area contributed by atoms with Crippen LogP contribution in [0.15, 0.2) is 12.4 Å². The lowest BCUT2D eigenvalue weighted by molar-refractivity contribution is -0.146. The number of ether oxygens (including phenoxy) is 2. The summed E-state index contributed by atoms with van der Waals surface area (Å²) in [6.07, 6.45) is 5.46. The first kappa shape index (κ1) is 14.3. The molecule has 2 aliphatic rings. The van der Waals surface area contributed by atoms with E-state index in [0.717, 1.165) is 56.9 Å². The molecular weight excluding hydrogens is 270 g/mol. The van der Waals surface area contributed by atoms with Crippen molar-refractivity contribution in [3.8, 4) is 0 Å². The van der Waals surface area contributed by atoms with Gasteiger partial charge in [0.2, 0.25) is 0 Å². The number of methoxy groups -OCH3 is 1. The Morgan fingerprint density at radius 2 is 2.14 bits per heavy atom. The van der Waals surface area contributed by atoms with E-state index in [9.17, 15) is 4.79 Å². The average Bonchev–Trinajstić information content (AvgIpc) is 3.09. The SMILES string of the molecule is COC(=O)C1CCN(c2cc(C3CCCO3)ncn2)CC1. The molecule has 21 heavy (non-hydrogen) atoms. The van der Waals surface area contributed by atoms with Crippen molar-refractivity contribution in [3.05, 3.63) is 18.1 Å². The third-order valence-electron chi connectivity index (χ3n) is 4.29. The summed E-state index contributed by atoms with van der Waals surface area (Å²) >= 11 is 0. The standard InChI is InChI=1S/C15H21N3O3/c1-20-15(19)11-4-6-18(7-5-11)14-9-12(16-10-17-14)13-3-2-8-21-13/h9-11,13H,2-8H2,1H3. The topological polar surface area (TPSA) is 64.5 Å². The Morgan fingerprint density at radius 1 is 1.33 bits per heavy atom. The highest BCUT2D eigenvalue weighted by Gasteiger charge is 2.27. The van der Waals surface area contributed by atoms with Gasteiger partial charge >= 0.3 is 5.97 Å². The Hall–Kier alpha value is -1.69. The highest BCUT2D eigenvalue weighted by Crippen LogP contribution is 2.29. The molecule has 0 N–H and O–H groups in total. The van der Waals surface area contributed by atoms with Crippen molar-refractivity contribution in [1.29, 1.82) is 0 Å². The van der Waals surface area contributed by atoms with Gasteiger partial charge in [0.25, 0.3) is 0 Å². The van der Waals surface area contributed by atoms with Crippen molar-refractivity contribution >= 4 is 11.8 Å². The summed E-state index contributed by atoms with van der Waals surface area (Å²) < 4.78 is 10.5. The van der Waals surface area contributed by atoms with Crippen molar-refractivity contribution in [1.82, 2.24) is 9.97 Å². The summed E-state index contributed by atoms with van der Waals surface area (Å²) in [5.41, 5.74) is 0.965. The first-order valence-corrected chi connectivity index (χ1v) is 7.54. The number of aromatic nitrogens is 2. The molecule has 0 bridgehead atoms. The number of rotatable bonds is 3. The minimum absolute atomic E-state index is 0.0192. The normalized spacial score (nSPS) is 23.3. The van der Waals surface area contributed by atoms with Gasteiger partial charge in [-0.25, -0.2) is 9.97 Å². The molecule has 0 aliphatic carbocycles. The Labute approximate surface area is 124 Å². The van der Waals surface area contributed by atoms with E-state index in [2.05, 4.69) is 14.9 Å². The van der Waals surface area contributed by atoms with Gasteiger partial charge in [-0.2, -0.15) is 0 Å². The molecule has 3 heterocycles. The number of carbonyl (C=O) groups excluding carboxylic acids is 1. The molecule has 2 aliphatic heterocycles. The largest absolute Gasteiger partial charge is 0.469 e. The lowest BCUT2D eigenvalue weighted by Gasteiger charge is -2.31. The van der Waals surface area contributed by atoms with Crippen molar-refractivity contribution in [3.63, 3.8) is 0 Å². The first-order chi connectivity index (χ1) is 10.3. The van der Waals surface area contributed by atoms with Crippen LogP contribution in [0, 0.1) is 5.92 Å². The van der Waals surface area contributed by atoms with E-state index in [0.29, 0.717) is 0 Å². The van der Waals surface area contributed by atoms with E-state index in [-0.39, 0.29) is 18.0 Å². The van der Waals surface area contributed by atoms with Crippen LogP contribution in [0.4, 0.5) is 5.82 Å². The molecule has 114 valence electrons. The number of nitrogens with zero attached hydrogens (tertiary/aromatic N) is 3. The van der Waals surface area contributed by atoms with Gasteiger partial charge in [-0.15, -0.1) is 0 Å². The van der Waals surface area contributed by atoms with E-state index in [4.69, 9.17) is 9.47 Å². The average molecular weight is 291 g/mol. The highest BCUT2D eigenvalue weighted by molar-refractivity contribution is 5.72. The van der Waals surface area contributed by atoms with E-state index < -0.39 is 0 Å². The van der Waals surface area contributed by atoms with Crippen LogP contribution >= 0.6 is 0 Å². The summed E-state index contributed by atoms with van der Waals surface area (Å²) in [6, 6.07) is 2.02. The van der Waals surface area contributed by atoms with Crippen LogP contribution in [0.3, 0.4) is 0 Å². The van der Waals surface area contributed by atoms with E-state index >= 15 is 0 Å². The summed E-state index contributed by atoms with van der Waals surface area (Å²) in [5, 5.41) is 0. The van der Waals surface area contributed by atoms with Gasteiger partial charge in [0.1, 0.15) is 12.1 Å². The van der Waals surface area contributed by atoms with Crippen molar-refractivity contribution < 1.29 is 14.3 Å². The van der Waals surface area contributed by atoms with Gasteiger partial charge in [0.05, 0.1) is 24.8 Å². The second kappa shape index (κ2) is 6.39. The Balaban J connectivity index is 1.65. The van der Waals surface area contributed by atoms with Crippen molar-refractivity contribution in [2.75, 3.05) is 31.7 Å². The fourth-order valence-electron chi connectivity index (χ4n) is 3.03. The summed E-state index contributed by atoms with van der Waals surface area (Å²) in [5.74, 6) is 0.849. The van der Waals surface area contributed by atoms with Crippen LogP contribution < -0.4 is 4.90 Å². The number of hydrogen-bond donors (Lipinski definition) is 0. The Morgan fingerprint density at radius 3 is 2.81 bits per heavy atom. The van der Waals surface area contributed by atoms with Crippen molar-refractivity contribution in [2.24, 2.45) is 5.92 Å². The minimum atomic E-state index is -0.0996. The van der Waals surface area contributed by atoms with Gasteiger partial charge in [0, 0.05) is 25.8 Å². The molecule has 1 aromatic heterocycles. The molecule has 2 saturated heterocycles. The van der Waals surface area contributed by atoms with Crippen LogP contribution in [0.2, 0.25) is 0 Å². The smallest absolute Gasteiger partial charge is 0.308 e. The summed E-state index contributed by atoms with van der Waals surface area (Å²) in [6.45, 7) is 2.46. The Bertz CT molecular complexity index is 495. The zero-order valence-corrected chi connectivity index (χ0v) is 12.3. The molecule has 0 spiro atoms. The first-order valence-electron chi connectivity index (χ1n) is 7.54. The van der Waals surface area contributed by atoms with Gasteiger partial charge in [-0.3, -0.25) is 4.79 Å². The molecule has 1 unspecified atom stereocenters. The van der Waals surface area contributed by atoms with Crippen LogP contribution in [0.5, 0.6) is 0 Å². The predicted molar refractivity (Wildman–Crippen MR) is 76.9 cm³/mol. The van der Waals surface area contributed by atoms with Crippen molar-refractivity contribution in [2.45, 2.75) is 31.8 Å². The maximum Gasteiger partial charge on any atom is 0.308 e. The third-order valence-corrected chi connectivity index (χ3v) is 4.29. The van der Waals surface area contributed by atoms with E-state index in [1.807, 2.05) is 6.07 Å². The minimum Gasteiger partial charge on any atom is -0.469 e. The molecule has 1 atom stereocenters. The number of anilines is 1. The van der Waals surface area contributed by atoms with Gasteiger partial charge in [-0.1, -0.05) is 0 Å². The maximum atomic E-state index is 11.6. The molecular formula is C15H21N3O3. The number of piperidine rings is 1. The summed E-state index contributed by atoms with van der Waals surface area (Å²) in [4.78, 5) is 22.5. The lowest BCUT2D eigenvalue weighted by Crippen LogP contribution is -2.37. The molecule has 1 aromatic rings. The van der Waals surface area contributed by atoms with Gasteiger partial charge < -0.3 is 14.4 Å². The number of hydrogen-bond acceptors (Lipinski definition) is 6. The highest BCUT2D eigenvalue weighted by atomic mass is 16.5. The molecule has 0 amide bonds. The van der Waals surface area contributed by atoms with E-state index in [1.54, 1.807) is 6.33 Å². The molecule has 0 radical (unpaired) electrons. The fraction of sp³-hybridized carbons (Fsp3) is 0.667. The fourth-order valence-corrected chi connectivity index (χ4v) is 3.03. The molecule has 2 fully saturated rings. The molecule has 6 nitrogen and oxygen atoms in total. The monoisotopic (exact) mass is 291 g/mol. The lowest BCUT2D eigenvalue weighted by atomic mass is 9.97. The molecule has 0 aromatic carbocycles. The second-order valence-corrected chi connectivity index (χ2v) is 5.59. The predicted octanol–water partition coefficient (Wildman–Crippen LogP) is 1.72. The van der Waals surface area contributed by atoms with Crippen LogP contribution in [-0.4, -0.2) is 42.7 Å². The van der Waals surface area contributed by atoms with Crippen LogP contribution in [-0.2, 0) is 14.3 Å². The van der Waals surface area contributed by atoms with Gasteiger partial charge in [0.15, 0.2) is 0 Å². The summed E-state index contributed by atoms with van der Waals surface area (Å²) in [7, 11) is 1.45. The zero-order valence-electron chi connectivity index (χ0n) is 12.3. The van der Waals surface area contributed by atoms with Gasteiger partial charge in [-0.05, 0) is 25.7 Å². The number of esters is 1. The Kier molecular flexibility index (Phi) is 4.34. The molecule has 3 rings (SSSR count). The van der Waals surface area contributed by atoms with E-state index in [1.165, 1.54) is 7.11 Å². The zero-order chi connectivity index (χ0) is 14.7. The van der Waals surface area contributed by atoms with Crippen LogP contribution in [0.1, 0.15) is 37.5 Å². The van der Waals surface area contributed by atoms with Crippen LogP contribution in [0.25, 0.3) is 0 Å². The maximum absolute atomic E-state index is 11.6.